The largest absolute Gasteiger partial charge is 0.841 e. The lowest BCUT2D eigenvalue weighted by Crippen LogP contribution is -2.51. The van der Waals surface area contributed by atoms with Gasteiger partial charge in [-0.1, -0.05) is 42.5 Å². The molecule has 1 aliphatic rings. The van der Waals surface area contributed by atoms with Gasteiger partial charge in [-0.25, -0.2) is 18.7 Å². The summed E-state index contributed by atoms with van der Waals surface area (Å²) in [6.07, 6.45) is 0. The number of ether oxygens (including phenoxy) is 1. The minimum atomic E-state index is -0.697. The second-order valence-electron chi connectivity index (χ2n) is 6.99. The third-order valence-electron chi connectivity index (χ3n) is 5.24. The van der Waals surface area contributed by atoms with E-state index in [4.69, 9.17) is 4.74 Å². The van der Waals surface area contributed by atoms with Gasteiger partial charge in [-0.2, -0.15) is 0 Å². The predicted octanol–water partition coefficient (Wildman–Crippen LogP) is 3.79. The van der Waals surface area contributed by atoms with Crippen molar-refractivity contribution in [3.8, 4) is 16.3 Å². The van der Waals surface area contributed by atoms with Crippen LogP contribution in [-0.4, -0.2) is 19.6 Å². The van der Waals surface area contributed by atoms with E-state index in [1.807, 2.05) is 49.2 Å². The average Bonchev–Trinajstić information content (AvgIpc) is 3.09. The van der Waals surface area contributed by atoms with Crippen molar-refractivity contribution >= 4 is 22.4 Å². The van der Waals surface area contributed by atoms with Gasteiger partial charge < -0.3 is 9.84 Å². The molecule has 1 unspecified atom stereocenters. The van der Waals surface area contributed by atoms with E-state index in [-0.39, 0.29) is 18.3 Å². The summed E-state index contributed by atoms with van der Waals surface area (Å²) in [6.45, 7) is 3.79. The predicted molar refractivity (Wildman–Crippen MR) is 112 cm³/mol. The van der Waals surface area contributed by atoms with Gasteiger partial charge in [-0.3, -0.25) is 0 Å². The molecule has 2 heterocycles. The molecule has 154 valence electrons. The number of allylic oxidation sites excluding steroid dienone is 1. The molecule has 5 nitrogen and oxygen atoms in total. The van der Waals surface area contributed by atoms with Gasteiger partial charge in [0.15, 0.2) is 6.04 Å². The number of nitrogens with zero attached hydrogens (tertiary/aromatic N) is 2. The number of hydrogen-bond donors (Lipinski definition) is 0. The summed E-state index contributed by atoms with van der Waals surface area (Å²) in [4.78, 5) is 15.3. The highest BCUT2D eigenvalue weighted by molar-refractivity contribution is 7.18. The first-order chi connectivity index (χ1) is 14.4. The molecule has 0 aliphatic carbocycles. The van der Waals surface area contributed by atoms with Gasteiger partial charge in [0.05, 0.1) is 24.4 Å². The van der Waals surface area contributed by atoms with Crippen molar-refractivity contribution in [2.45, 2.75) is 19.9 Å². The van der Waals surface area contributed by atoms with Crippen LogP contribution in [0.15, 0.2) is 65.9 Å². The van der Waals surface area contributed by atoms with Crippen LogP contribution in [-0.2, 0) is 9.53 Å². The van der Waals surface area contributed by atoms with Crippen LogP contribution in [0.4, 0.5) is 9.52 Å². The molecular formula is C23H21FN2O3S. The maximum atomic E-state index is 13.6. The van der Waals surface area contributed by atoms with Crippen LogP contribution in [0, 0.1) is 5.82 Å². The molecule has 0 N–H and O–H groups in total. The second kappa shape index (κ2) is 7.91. The number of carbonyl (C=O) groups is 1. The quantitative estimate of drug-likeness (QED) is 0.472. The third kappa shape index (κ3) is 3.25. The molecular weight excluding hydrogens is 403 g/mol. The van der Waals surface area contributed by atoms with Crippen molar-refractivity contribution in [2.75, 3.05) is 18.6 Å². The highest BCUT2D eigenvalue weighted by Gasteiger charge is 2.43. The van der Waals surface area contributed by atoms with Gasteiger partial charge in [-0.05, 0) is 42.9 Å². The van der Waals surface area contributed by atoms with E-state index < -0.39 is 12.0 Å². The van der Waals surface area contributed by atoms with Crippen LogP contribution in [0.1, 0.15) is 25.5 Å². The number of esters is 1. The molecule has 0 saturated carbocycles. The number of benzene rings is 2. The summed E-state index contributed by atoms with van der Waals surface area (Å²) in [5.41, 5.74) is 2.53. The molecule has 1 atom stereocenters. The Morgan fingerprint density at radius 2 is 1.87 bits per heavy atom. The Kier molecular flexibility index (Phi) is 5.30. The Morgan fingerprint density at radius 3 is 2.50 bits per heavy atom. The second-order valence-corrected chi connectivity index (χ2v) is 7.97. The van der Waals surface area contributed by atoms with Crippen molar-refractivity contribution in [1.29, 1.82) is 0 Å². The minimum Gasteiger partial charge on any atom is -0.841 e. The van der Waals surface area contributed by atoms with E-state index in [1.54, 1.807) is 23.6 Å². The molecule has 30 heavy (non-hydrogen) atoms. The fourth-order valence-electron chi connectivity index (χ4n) is 3.69. The monoisotopic (exact) mass is 424 g/mol. The molecule has 0 spiro atoms. The minimum absolute atomic E-state index is 0.198. The fourth-order valence-corrected chi connectivity index (χ4v) is 4.87. The lowest BCUT2D eigenvalue weighted by atomic mass is 9.95. The number of carbonyl (C=O) groups excluding carboxylic acids is 1. The van der Waals surface area contributed by atoms with E-state index >= 15 is 0 Å². The van der Waals surface area contributed by atoms with Gasteiger partial charge >= 0.3 is 11.1 Å². The summed E-state index contributed by atoms with van der Waals surface area (Å²) < 4.78 is 20.5. The van der Waals surface area contributed by atoms with Crippen molar-refractivity contribution in [3.63, 3.8) is 0 Å². The molecule has 0 fully saturated rings. The van der Waals surface area contributed by atoms with Gasteiger partial charge in [0.2, 0.25) is 0 Å². The number of thiazole rings is 1. The SMILES string of the molecule is CCOC(=O)C1=C(C)N(C)c2sc(-c3ccccc3)c([O-])[n+]2C1c1ccc(F)cc1. The third-order valence-corrected chi connectivity index (χ3v) is 6.51. The molecule has 2 aromatic carbocycles. The smallest absolute Gasteiger partial charge is 0.342 e. The number of anilines is 1. The first-order valence-corrected chi connectivity index (χ1v) is 10.4. The molecule has 0 amide bonds. The zero-order valence-corrected chi connectivity index (χ0v) is 17.7. The van der Waals surface area contributed by atoms with Crippen molar-refractivity contribution in [1.82, 2.24) is 0 Å². The first kappa shape index (κ1) is 20.1. The Morgan fingerprint density at radius 1 is 1.20 bits per heavy atom. The van der Waals surface area contributed by atoms with Crippen molar-refractivity contribution in [2.24, 2.45) is 0 Å². The van der Waals surface area contributed by atoms with Gasteiger partial charge in [-0.15, -0.1) is 0 Å². The maximum Gasteiger partial charge on any atom is 0.342 e. The highest BCUT2D eigenvalue weighted by atomic mass is 32.1. The first-order valence-electron chi connectivity index (χ1n) is 9.61. The number of fused-ring (bicyclic) bond motifs is 1. The molecule has 7 heteroatoms. The number of halogens is 1. The zero-order chi connectivity index (χ0) is 21.4. The topological polar surface area (TPSA) is 56.5 Å². The Labute approximate surface area is 178 Å². The molecule has 0 radical (unpaired) electrons. The van der Waals surface area contributed by atoms with Crippen LogP contribution in [0.25, 0.3) is 10.4 Å². The fraction of sp³-hybridized carbons (Fsp3) is 0.217. The van der Waals surface area contributed by atoms with Gasteiger partial charge in [0.25, 0.3) is 0 Å². The molecule has 4 rings (SSSR count). The summed E-state index contributed by atoms with van der Waals surface area (Å²) in [5, 5.41) is 14.2. The maximum absolute atomic E-state index is 13.6. The molecule has 3 aromatic rings. The van der Waals surface area contributed by atoms with E-state index in [1.165, 1.54) is 23.5 Å². The number of hydrogen-bond acceptors (Lipinski definition) is 5. The zero-order valence-electron chi connectivity index (χ0n) is 16.9. The summed E-state index contributed by atoms with van der Waals surface area (Å²) in [7, 11) is 1.83. The Balaban J connectivity index is 1.97. The summed E-state index contributed by atoms with van der Waals surface area (Å²) in [6, 6.07) is 14.6. The molecule has 0 bridgehead atoms. The van der Waals surface area contributed by atoms with Gasteiger partial charge in [0.1, 0.15) is 17.1 Å². The Hall–Kier alpha value is -3.19. The van der Waals surface area contributed by atoms with Crippen LogP contribution < -0.4 is 14.6 Å². The van der Waals surface area contributed by atoms with Crippen molar-refractivity contribution in [3.05, 3.63) is 77.2 Å². The van der Waals surface area contributed by atoms with E-state index in [0.29, 0.717) is 26.8 Å². The van der Waals surface area contributed by atoms with E-state index in [2.05, 4.69) is 0 Å². The van der Waals surface area contributed by atoms with Crippen LogP contribution >= 0.6 is 11.3 Å². The molecule has 1 aliphatic heterocycles. The lowest BCUT2D eigenvalue weighted by Gasteiger charge is -2.29. The Bertz CT molecular complexity index is 1120. The normalized spacial score (nSPS) is 15.9. The summed E-state index contributed by atoms with van der Waals surface area (Å²) in [5.74, 6) is -1.06. The van der Waals surface area contributed by atoms with Crippen LogP contribution in [0.3, 0.4) is 0 Å². The van der Waals surface area contributed by atoms with Gasteiger partial charge in [0, 0.05) is 5.56 Å². The number of aromatic nitrogens is 1. The standard InChI is InChI=1S/C23H21FN2O3S/c1-4-29-22(28)18-14(2)25(3)23-26(19(18)15-10-12-17(24)13-11-15)21(27)20(30-23)16-8-6-5-7-9-16/h5-13,19H,4H2,1-3H3. The summed E-state index contributed by atoms with van der Waals surface area (Å²) >= 11 is 1.37. The van der Waals surface area contributed by atoms with E-state index in [9.17, 15) is 14.3 Å². The molecule has 1 aromatic heterocycles. The van der Waals surface area contributed by atoms with Crippen LogP contribution in [0.2, 0.25) is 0 Å². The van der Waals surface area contributed by atoms with Crippen LogP contribution in [0.5, 0.6) is 5.88 Å². The van der Waals surface area contributed by atoms with Crippen molar-refractivity contribution < 1.29 is 23.6 Å². The lowest BCUT2D eigenvalue weighted by molar-refractivity contribution is -0.728. The van der Waals surface area contributed by atoms with E-state index in [0.717, 1.165) is 5.56 Å². The highest BCUT2D eigenvalue weighted by Crippen LogP contribution is 2.43. The average molecular weight is 424 g/mol. The number of rotatable bonds is 4. The molecule has 0 saturated heterocycles.